The van der Waals surface area contributed by atoms with E-state index < -0.39 is 17.9 Å². The lowest BCUT2D eigenvalue weighted by Gasteiger charge is -2.23. The number of carbonyl (C=O) groups excluding carboxylic acids is 1. The molecule has 1 amide bonds. The van der Waals surface area contributed by atoms with Gasteiger partial charge in [0.25, 0.3) is 5.91 Å². The van der Waals surface area contributed by atoms with Gasteiger partial charge in [-0.3, -0.25) is 9.69 Å². The highest BCUT2D eigenvalue weighted by Gasteiger charge is 2.40. The van der Waals surface area contributed by atoms with Crippen molar-refractivity contribution in [3.8, 4) is 11.3 Å². The topological polar surface area (TPSA) is 70.8 Å². The number of carboxylic acids is 1. The Morgan fingerprint density at radius 1 is 1.07 bits per heavy atom. The zero-order valence-electron chi connectivity index (χ0n) is 15.7. The Morgan fingerprint density at radius 3 is 2.40 bits per heavy atom. The summed E-state index contributed by atoms with van der Waals surface area (Å²) in [5, 5.41) is 9.74. The van der Waals surface area contributed by atoms with Crippen molar-refractivity contribution in [3.05, 3.63) is 89.0 Å². The maximum atomic E-state index is 13.0. The molecule has 1 atom stereocenters. The Balaban J connectivity index is 1.57. The van der Waals surface area contributed by atoms with Gasteiger partial charge in [0, 0.05) is 18.1 Å². The lowest BCUT2D eigenvalue weighted by Crippen LogP contribution is -2.45. The highest BCUT2D eigenvalue weighted by Crippen LogP contribution is 2.35. The first-order chi connectivity index (χ1) is 14.5. The van der Waals surface area contributed by atoms with Gasteiger partial charge >= 0.3 is 5.97 Å². The molecule has 0 unspecified atom stereocenters. The van der Waals surface area contributed by atoms with Gasteiger partial charge in [-0.1, -0.05) is 84.6 Å². The molecule has 0 bridgehead atoms. The summed E-state index contributed by atoms with van der Waals surface area (Å²) in [6.07, 6.45) is 1.78. The molecule has 30 heavy (non-hydrogen) atoms. The number of nitrogens with zero attached hydrogens (tertiary/aromatic N) is 1. The summed E-state index contributed by atoms with van der Waals surface area (Å²) in [4.78, 5) is 26.4. The molecule has 0 spiro atoms. The van der Waals surface area contributed by atoms with E-state index in [1.165, 1.54) is 4.90 Å². The summed E-state index contributed by atoms with van der Waals surface area (Å²) in [6, 6.07) is 21.3. The van der Waals surface area contributed by atoms with Crippen LogP contribution in [0, 0.1) is 0 Å². The second-order valence-corrected chi connectivity index (χ2v) is 8.34. The molecule has 0 saturated carbocycles. The van der Waals surface area contributed by atoms with Crippen molar-refractivity contribution >= 4 is 46.3 Å². The highest BCUT2D eigenvalue weighted by molar-refractivity contribution is 8.26. The predicted molar refractivity (Wildman–Crippen MR) is 121 cm³/mol. The van der Waals surface area contributed by atoms with Crippen molar-refractivity contribution in [2.75, 3.05) is 0 Å². The third-order valence-corrected chi connectivity index (χ3v) is 5.98. The number of benzene rings is 2. The van der Waals surface area contributed by atoms with E-state index in [9.17, 15) is 14.7 Å². The van der Waals surface area contributed by atoms with Gasteiger partial charge in [-0.2, -0.15) is 0 Å². The monoisotopic (exact) mass is 435 g/mol. The highest BCUT2D eigenvalue weighted by atomic mass is 32.2. The molecule has 4 rings (SSSR count). The summed E-state index contributed by atoms with van der Waals surface area (Å²) >= 11 is 6.42. The molecule has 1 N–H and O–H groups in total. The molecule has 1 aliphatic heterocycles. The Kier molecular flexibility index (Phi) is 5.83. The van der Waals surface area contributed by atoms with Crippen LogP contribution in [0.1, 0.15) is 11.3 Å². The van der Waals surface area contributed by atoms with Crippen LogP contribution in [-0.4, -0.2) is 32.2 Å². The van der Waals surface area contributed by atoms with Gasteiger partial charge in [-0.05, 0) is 17.7 Å². The van der Waals surface area contributed by atoms with E-state index in [-0.39, 0.29) is 10.7 Å². The number of hydrogen-bond acceptors (Lipinski definition) is 5. The van der Waals surface area contributed by atoms with Crippen LogP contribution >= 0.6 is 24.0 Å². The second kappa shape index (κ2) is 8.69. The lowest BCUT2D eigenvalue weighted by molar-refractivity contribution is -0.145. The SMILES string of the molecule is O=C(O)[C@H](Cc1ccccc1)N1C(=O)/C(=C/c2ccc(-c3ccccc3)o2)SC1=S. The number of furan rings is 1. The molecular weight excluding hydrogens is 418 g/mol. The zero-order chi connectivity index (χ0) is 21.1. The number of rotatable bonds is 6. The van der Waals surface area contributed by atoms with Crippen molar-refractivity contribution in [1.82, 2.24) is 4.90 Å². The molecule has 2 heterocycles. The summed E-state index contributed by atoms with van der Waals surface area (Å²) in [5.41, 5.74) is 1.75. The fraction of sp³-hybridized carbons (Fsp3) is 0.0870. The molecule has 0 radical (unpaired) electrons. The van der Waals surface area contributed by atoms with Gasteiger partial charge < -0.3 is 9.52 Å². The maximum Gasteiger partial charge on any atom is 0.327 e. The molecule has 3 aromatic rings. The third kappa shape index (κ3) is 4.22. The smallest absolute Gasteiger partial charge is 0.327 e. The van der Waals surface area contributed by atoms with Crippen molar-refractivity contribution in [2.24, 2.45) is 0 Å². The van der Waals surface area contributed by atoms with E-state index in [1.807, 2.05) is 66.7 Å². The first kappa shape index (κ1) is 20.1. The molecular formula is C23H17NO4S2. The molecule has 150 valence electrons. The molecule has 7 heteroatoms. The number of carboxylic acid groups (broad SMARTS) is 1. The minimum Gasteiger partial charge on any atom is -0.480 e. The number of aliphatic carboxylic acids is 1. The third-order valence-electron chi connectivity index (χ3n) is 4.65. The van der Waals surface area contributed by atoms with Gasteiger partial charge in [-0.15, -0.1) is 0 Å². The zero-order valence-corrected chi connectivity index (χ0v) is 17.4. The lowest BCUT2D eigenvalue weighted by atomic mass is 10.0. The number of thiocarbonyl (C=S) groups is 1. The fourth-order valence-electron chi connectivity index (χ4n) is 3.19. The Hall–Kier alpha value is -3.16. The van der Waals surface area contributed by atoms with Gasteiger partial charge in [-0.25, -0.2) is 4.79 Å². The van der Waals surface area contributed by atoms with Crippen LogP contribution in [0.5, 0.6) is 0 Å². The Morgan fingerprint density at radius 2 is 1.73 bits per heavy atom. The van der Waals surface area contributed by atoms with Crippen molar-refractivity contribution < 1.29 is 19.1 Å². The van der Waals surface area contributed by atoms with Crippen LogP contribution in [0.3, 0.4) is 0 Å². The van der Waals surface area contributed by atoms with Gasteiger partial charge in [0.2, 0.25) is 0 Å². The fourth-order valence-corrected chi connectivity index (χ4v) is 4.53. The number of thioether (sulfide) groups is 1. The minimum absolute atomic E-state index is 0.175. The van der Waals surface area contributed by atoms with Crippen molar-refractivity contribution in [2.45, 2.75) is 12.5 Å². The molecule has 1 aliphatic rings. The van der Waals surface area contributed by atoms with E-state index in [1.54, 1.807) is 12.1 Å². The van der Waals surface area contributed by atoms with Gasteiger partial charge in [0.1, 0.15) is 21.9 Å². The number of amides is 1. The summed E-state index contributed by atoms with van der Waals surface area (Å²) in [5.74, 6) is -0.333. The van der Waals surface area contributed by atoms with E-state index in [4.69, 9.17) is 16.6 Å². The summed E-state index contributed by atoms with van der Waals surface area (Å²) in [6.45, 7) is 0. The predicted octanol–water partition coefficient (Wildman–Crippen LogP) is 4.84. The molecule has 1 saturated heterocycles. The largest absolute Gasteiger partial charge is 0.480 e. The quantitative estimate of drug-likeness (QED) is 0.441. The van der Waals surface area contributed by atoms with Crippen LogP contribution < -0.4 is 0 Å². The molecule has 2 aromatic carbocycles. The summed E-state index contributed by atoms with van der Waals surface area (Å²) in [7, 11) is 0. The molecule has 0 aliphatic carbocycles. The van der Waals surface area contributed by atoms with Gasteiger partial charge in [0.05, 0.1) is 4.91 Å². The van der Waals surface area contributed by atoms with Crippen LogP contribution in [0.4, 0.5) is 0 Å². The van der Waals surface area contributed by atoms with Crippen LogP contribution in [0.15, 0.2) is 82.1 Å². The standard InChI is InChI=1S/C23H17NO4S2/c25-21-20(14-17-11-12-19(28-17)16-9-5-2-6-10-16)30-23(29)24(21)18(22(26)27)13-15-7-3-1-4-8-15/h1-12,14,18H,13H2,(H,26,27)/b20-14-/t18-/m0/s1. The molecule has 1 fully saturated rings. The van der Waals surface area contributed by atoms with Gasteiger partial charge in [0.15, 0.2) is 0 Å². The second-order valence-electron chi connectivity index (χ2n) is 6.66. The van der Waals surface area contributed by atoms with Crippen LogP contribution in [0.2, 0.25) is 0 Å². The molecule has 5 nitrogen and oxygen atoms in total. The van der Waals surface area contributed by atoms with Crippen molar-refractivity contribution in [1.29, 1.82) is 0 Å². The Labute approximate surface area is 183 Å². The molecule has 1 aromatic heterocycles. The Bertz CT molecular complexity index is 1120. The average Bonchev–Trinajstić information content (AvgIpc) is 3.32. The maximum absolute atomic E-state index is 13.0. The first-order valence-corrected chi connectivity index (χ1v) is 10.4. The first-order valence-electron chi connectivity index (χ1n) is 9.22. The van der Waals surface area contributed by atoms with Crippen molar-refractivity contribution in [3.63, 3.8) is 0 Å². The van der Waals surface area contributed by atoms with E-state index in [0.29, 0.717) is 16.4 Å². The minimum atomic E-state index is -1.10. The number of hydrogen-bond donors (Lipinski definition) is 1. The van der Waals surface area contributed by atoms with E-state index >= 15 is 0 Å². The average molecular weight is 436 g/mol. The normalized spacial score (nSPS) is 16.3. The van der Waals surface area contributed by atoms with Crippen LogP contribution in [0.25, 0.3) is 17.4 Å². The van der Waals surface area contributed by atoms with E-state index in [2.05, 4.69) is 0 Å². The van der Waals surface area contributed by atoms with Crippen LogP contribution in [-0.2, 0) is 16.0 Å². The number of carbonyl (C=O) groups is 2. The van der Waals surface area contributed by atoms with E-state index in [0.717, 1.165) is 22.9 Å². The summed E-state index contributed by atoms with van der Waals surface area (Å²) < 4.78 is 6.06.